The first kappa shape index (κ1) is 15.0. The zero-order valence-electron chi connectivity index (χ0n) is 14.6. The topological polar surface area (TPSA) is 57.0 Å². The third kappa shape index (κ3) is 2.62. The van der Waals surface area contributed by atoms with E-state index in [1.165, 1.54) is 0 Å². The van der Waals surface area contributed by atoms with Gasteiger partial charge in [0.05, 0.1) is 24.3 Å². The van der Waals surface area contributed by atoms with Crippen LogP contribution in [0.3, 0.4) is 0 Å². The molecule has 0 unspecified atom stereocenters. The summed E-state index contributed by atoms with van der Waals surface area (Å²) in [5, 5.41) is 4.51. The number of nitrogens with zero attached hydrogens (tertiary/aromatic N) is 6. The lowest BCUT2D eigenvalue weighted by atomic mass is 10.0. The highest BCUT2D eigenvalue weighted by Gasteiger charge is 2.35. The van der Waals surface area contributed by atoms with Gasteiger partial charge in [0.1, 0.15) is 5.69 Å². The van der Waals surface area contributed by atoms with Crippen LogP contribution >= 0.6 is 0 Å². The smallest absolute Gasteiger partial charge is 0.225 e. The van der Waals surface area contributed by atoms with Crippen LogP contribution in [0.5, 0.6) is 0 Å². The van der Waals surface area contributed by atoms with E-state index in [-0.39, 0.29) is 0 Å². The Morgan fingerprint density at radius 1 is 1.08 bits per heavy atom. The molecule has 7 nitrogen and oxygen atoms in total. The Kier molecular flexibility index (Phi) is 3.36. The van der Waals surface area contributed by atoms with Crippen LogP contribution in [0.4, 0.5) is 11.4 Å². The van der Waals surface area contributed by atoms with E-state index in [1.54, 1.807) is 0 Å². The summed E-state index contributed by atoms with van der Waals surface area (Å²) >= 11 is 0. The molecule has 25 heavy (non-hydrogen) atoms. The van der Waals surface area contributed by atoms with E-state index >= 15 is 0 Å². The first-order valence-electron chi connectivity index (χ1n) is 9.31. The van der Waals surface area contributed by atoms with E-state index in [1.807, 2.05) is 21.8 Å². The molecule has 0 atom stereocenters. The minimum absolute atomic E-state index is 0.313. The second-order valence-electron chi connectivity index (χ2n) is 7.71. The molecule has 2 saturated heterocycles. The molecule has 0 spiro atoms. The Morgan fingerprint density at radius 3 is 2.52 bits per heavy atom. The minimum Gasteiger partial charge on any atom is -0.368 e. The van der Waals surface area contributed by atoms with Crippen LogP contribution in [-0.4, -0.2) is 64.7 Å². The number of piperazine rings is 1. The fourth-order valence-electron chi connectivity index (χ4n) is 3.90. The van der Waals surface area contributed by atoms with Gasteiger partial charge in [-0.3, -0.25) is 4.79 Å². The third-order valence-electron chi connectivity index (χ3n) is 5.61. The monoisotopic (exact) mass is 340 g/mol. The van der Waals surface area contributed by atoms with Crippen LogP contribution in [0, 0.1) is 11.8 Å². The van der Waals surface area contributed by atoms with Crippen molar-refractivity contribution >= 4 is 22.9 Å². The lowest BCUT2D eigenvalue weighted by molar-refractivity contribution is -0.132. The van der Waals surface area contributed by atoms with E-state index < -0.39 is 0 Å². The lowest BCUT2D eigenvalue weighted by Gasteiger charge is -2.38. The predicted octanol–water partition coefficient (Wildman–Crippen LogP) is 1.24. The first-order chi connectivity index (χ1) is 12.2. The lowest BCUT2D eigenvalue weighted by Crippen LogP contribution is -2.49. The molecule has 7 heteroatoms. The second kappa shape index (κ2) is 5.61. The van der Waals surface area contributed by atoms with E-state index in [0.29, 0.717) is 11.8 Å². The third-order valence-corrected chi connectivity index (χ3v) is 5.61. The molecule has 5 rings (SSSR count). The number of fused-ring (bicyclic) bond motifs is 1. The maximum atomic E-state index is 12.2. The Bertz CT molecular complexity index is 799. The molecule has 0 N–H and O–H groups in total. The number of carbonyl (C=O) groups excluding carboxylic acids is 1. The number of aromatic nitrogens is 3. The fourth-order valence-corrected chi connectivity index (χ4v) is 3.90. The van der Waals surface area contributed by atoms with Gasteiger partial charge in [-0.2, -0.15) is 5.10 Å². The summed E-state index contributed by atoms with van der Waals surface area (Å²) in [4.78, 5) is 23.5. The van der Waals surface area contributed by atoms with Crippen molar-refractivity contribution in [2.75, 3.05) is 49.1 Å². The van der Waals surface area contributed by atoms with Crippen LogP contribution in [-0.2, 0) is 4.79 Å². The van der Waals surface area contributed by atoms with Gasteiger partial charge in [-0.15, -0.1) is 0 Å². The second-order valence-corrected chi connectivity index (χ2v) is 7.71. The van der Waals surface area contributed by atoms with E-state index in [2.05, 4.69) is 33.0 Å². The molecular formula is C18H24N6O. The summed E-state index contributed by atoms with van der Waals surface area (Å²) in [6.07, 6.45) is 8.09. The maximum absolute atomic E-state index is 12.2. The summed E-state index contributed by atoms with van der Waals surface area (Å²) in [7, 11) is 0. The molecule has 1 aliphatic carbocycles. The normalized spacial score (nSPS) is 21.7. The van der Waals surface area contributed by atoms with Gasteiger partial charge in [-0.25, -0.2) is 9.50 Å². The maximum Gasteiger partial charge on any atom is 0.225 e. The molecule has 0 bridgehead atoms. The molecule has 4 heterocycles. The highest BCUT2D eigenvalue weighted by Crippen LogP contribution is 2.32. The highest BCUT2D eigenvalue weighted by atomic mass is 16.2. The zero-order chi connectivity index (χ0) is 17.0. The van der Waals surface area contributed by atoms with Crippen molar-refractivity contribution in [1.82, 2.24) is 19.5 Å². The van der Waals surface area contributed by atoms with Crippen molar-refractivity contribution in [2.45, 2.75) is 19.8 Å². The molecule has 3 fully saturated rings. The van der Waals surface area contributed by atoms with Crippen LogP contribution in [0.1, 0.15) is 19.8 Å². The standard InChI is InChI=1S/C18H24N6O/c1-13-10-23(11-13)15-8-19-17-16(9-20-24(17)12-15)21-4-6-22(7-5-21)18(25)14-2-3-14/h8-9,12-14H,2-7,10-11H2,1H3. The summed E-state index contributed by atoms with van der Waals surface area (Å²) < 4.78 is 1.88. The average Bonchev–Trinajstić information content (AvgIpc) is 3.38. The Balaban J connectivity index is 1.31. The molecule has 1 saturated carbocycles. The Labute approximate surface area is 147 Å². The molecule has 132 valence electrons. The van der Waals surface area contributed by atoms with Gasteiger partial charge in [0.25, 0.3) is 0 Å². The largest absolute Gasteiger partial charge is 0.368 e. The Hall–Kier alpha value is -2.31. The molecule has 2 aliphatic heterocycles. The summed E-state index contributed by atoms with van der Waals surface area (Å²) in [5.41, 5.74) is 3.11. The molecule has 1 amide bonds. The van der Waals surface area contributed by atoms with E-state index in [4.69, 9.17) is 0 Å². The van der Waals surface area contributed by atoms with Gasteiger partial charge in [-0.05, 0) is 18.8 Å². The van der Waals surface area contributed by atoms with Gasteiger partial charge < -0.3 is 14.7 Å². The van der Waals surface area contributed by atoms with E-state index in [0.717, 1.165) is 75.1 Å². The number of rotatable bonds is 3. The van der Waals surface area contributed by atoms with Gasteiger partial charge in [0.15, 0.2) is 5.65 Å². The van der Waals surface area contributed by atoms with Crippen molar-refractivity contribution < 1.29 is 4.79 Å². The number of carbonyl (C=O) groups is 1. The number of amides is 1. The molecular weight excluding hydrogens is 316 g/mol. The number of hydrogen-bond donors (Lipinski definition) is 0. The van der Waals surface area contributed by atoms with Gasteiger partial charge in [0.2, 0.25) is 5.91 Å². The summed E-state index contributed by atoms with van der Waals surface area (Å²) in [6, 6.07) is 0. The number of hydrogen-bond acceptors (Lipinski definition) is 5. The zero-order valence-corrected chi connectivity index (χ0v) is 14.6. The van der Waals surface area contributed by atoms with Crippen LogP contribution in [0.2, 0.25) is 0 Å². The van der Waals surface area contributed by atoms with Crippen molar-refractivity contribution in [3.8, 4) is 0 Å². The summed E-state index contributed by atoms with van der Waals surface area (Å²) in [5.74, 6) is 1.43. The Morgan fingerprint density at radius 2 is 1.84 bits per heavy atom. The van der Waals surface area contributed by atoms with E-state index in [9.17, 15) is 4.79 Å². The van der Waals surface area contributed by atoms with Crippen LogP contribution in [0.25, 0.3) is 5.65 Å². The van der Waals surface area contributed by atoms with Gasteiger partial charge in [0, 0.05) is 45.2 Å². The molecule has 0 aromatic carbocycles. The van der Waals surface area contributed by atoms with Crippen molar-refractivity contribution in [2.24, 2.45) is 11.8 Å². The first-order valence-corrected chi connectivity index (χ1v) is 9.31. The van der Waals surface area contributed by atoms with Crippen molar-refractivity contribution in [3.63, 3.8) is 0 Å². The average molecular weight is 340 g/mol. The minimum atomic E-state index is 0.313. The summed E-state index contributed by atoms with van der Waals surface area (Å²) in [6.45, 7) is 7.77. The van der Waals surface area contributed by atoms with Crippen LogP contribution < -0.4 is 9.80 Å². The molecule has 0 radical (unpaired) electrons. The quantitative estimate of drug-likeness (QED) is 0.842. The molecule has 3 aliphatic rings. The SMILES string of the molecule is CC1CN(c2cnc3c(N4CCN(C(=O)C5CC5)CC4)cnn3c2)C1. The van der Waals surface area contributed by atoms with Crippen molar-refractivity contribution in [1.29, 1.82) is 0 Å². The molecule has 2 aromatic heterocycles. The predicted molar refractivity (Wildman–Crippen MR) is 95.9 cm³/mol. The number of anilines is 2. The fraction of sp³-hybridized carbons (Fsp3) is 0.611. The molecule has 2 aromatic rings. The van der Waals surface area contributed by atoms with Crippen LogP contribution in [0.15, 0.2) is 18.6 Å². The highest BCUT2D eigenvalue weighted by molar-refractivity contribution is 5.81. The van der Waals surface area contributed by atoms with Crippen molar-refractivity contribution in [3.05, 3.63) is 18.6 Å². The van der Waals surface area contributed by atoms with Gasteiger partial charge in [-0.1, -0.05) is 6.92 Å². The van der Waals surface area contributed by atoms with Gasteiger partial charge >= 0.3 is 0 Å².